The predicted molar refractivity (Wildman–Crippen MR) is 103 cm³/mol. The van der Waals surface area contributed by atoms with Crippen LogP contribution in [0.2, 0.25) is 0 Å². The molecule has 0 saturated carbocycles. The molecule has 0 radical (unpaired) electrons. The summed E-state index contributed by atoms with van der Waals surface area (Å²) in [6, 6.07) is 2.51. The first kappa shape index (κ1) is 21.1. The van der Waals surface area contributed by atoms with E-state index in [4.69, 9.17) is 4.74 Å². The quantitative estimate of drug-likeness (QED) is 0.366. The van der Waals surface area contributed by atoms with Gasteiger partial charge in [-0.2, -0.15) is 0 Å². The minimum absolute atomic E-state index is 0.00945. The molecule has 0 N–H and O–H groups in total. The standard InChI is InChI=1S/C19H23N3O6S/c1-12(2)10-21-17(25)18(26)22(19(21)27)11-14(23)15-4-3-13(29-15)9-16(24)20-5-7-28-8-6-20/h3-4,12H,5-11H2,1-2H3. The van der Waals surface area contributed by atoms with Gasteiger partial charge in [0.2, 0.25) is 5.91 Å². The average Bonchev–Trinajstić information content (AvgIpc) is 3.23. The van der Waals surface area contributed by atoms with Gasteiger partial charge in [-0.25, -0.2) is 9.69 Å². The van der Waals surface area contributed by atoms with Crippen LogP contribution in [0, 0.1) is 5.92 Å². The van der Waals surface area contributed by atoms with E-state index >= 15 is 0 Å². The van der Waals surface area contributed by atoms with Crippen molar-refractivity contribution in [3.8, 4) is 0 Å². The Morgan fingerprint density at radius 3 is 2.38 bits per heavy atom. The lowest BCUT2D eigenvalue weighted by Gasteiger charge is -2.26. The fourth-order valence-corrected chi connectivity index (χ4v) is 4.06. The Kier molecular flexibility index (Phi) is 6.43. The van der Waals surface area contributed by atoms with E-state index in [1.807, 2.05) is 13.8 Å². The largest absolute Gasteiger partial charge is 0.378 e. The van der Waals surface area contributed by atoms with Gasteiger partial charge in [0.25, 0.3) is 0 Å². The number of Topliss-reactive ketones (excluding diaryl/α,β-unsaturated/α-hetero) is 1. The highest BCUT2D eigenvalue weighted by atomic mass is 32.1. The second-order valence-corrected chi connectivity index (χ2v) is 8.51. The van der Waals surface area contributed by atoms with Crippen LogP contribution >= 0.6 is 11.3 Å². The van der Waals surface area contributed by atoms with Gasteiger partial charge < -0.3 is 9.64 Å². The molecule has 9 nitrogen and oxygen atoms in total. The molecule has 0 atom stereocenters. The molecule has 2 aliphatic heterocycles. The van der Waals surface area contributed by atoms with Gasteiger partial charge >= 0.3 is 17.8 Å². The lowest BCUT2D eigenvalue weighted by Crippen LogP contribution is -2.41. The van der Waals surface area contributed by atoms with E-state index in [0.717, 1.165) is 21.1 Å². The molecule has 0 bridgehead atoms. The number of carbonyl (C=O) groups excluding carboxylic acids is 5. The maximum Gasteiger partial charge on any atom is 0.334 e. The second-order valence-electron chi connectivity index (χ2n) is 7.34. The number of nitrogens with zero attached hydrogens (tertiary/aromatic N) is 3. The van der Waals surface area contributed by atoms with Gasteiger partial charge in [-0.3, -0.25) is 24.1 Å². The fourth-order valence-electron chi connectivity index (χ4n) is 3.13. The van der Waals surface area contributed by atoms with Crippen molar-refractivity contribution in [2.45, 2.75) is 20.3 Å². The topological polar surface area (TPSA) is 104 Å². The molecular weight excluding hydrogens is 398 g/mol. The summed E-state index contributed by atoms with van der Waals surface area (Å²) in [5.74, 6) is -2.35. The summed E-state index contributed by atoms with van der Waals surface area (Å²) in [5.41, 5.74) is 0. The van der Waals surface area contributed by atoms with E-state index in [0.29, 0.717) is 36.1 Å². The van der Waals surface area contributed by atoms with Crippen molar-refractivity contribution in [3.05, 3.63) is 21.9 Å². The monoisotopic (exact) mass is 421 g/mol. The second kappa shape index (κ2) is 8.83. The van der Waals surface area contributed by atoms with Crippen molar-refractivity contribution in [3.63, 3.8) is 0 Å². The maximum atomic E-state index is 12.6. The molecule has 0 unspecified atom stereocenters. The van der Waals surface area contributed by atoms with E-state index in [1.165, 1.54) is 0 Å². The number of imide groups is 2. The number of rotatable bonds is 7. The van der Waals surface area contributed by atoms with Crippen LogP contribution in [-0.2, 0) is 25.5 Å². The molecule has 2 saturated heterocycles. The van der Waals surface area contributed by atoms with Gasteiger partial charge in [0, 0.05) is 24.5 Å². The summed E-state index contributed by atoms with van der Waals surface area (Å²) in [7, 11) is 0. The van der Waals surface area contributed by atoms with E-state index in [2.05, 4.69) is 0 Å². The summed E-state index contributed by atoms with van der Waals surface area (Å²) >= 11 is 1.16. The predicted octanol–water partition coefficient (Wildman–Crippen LogP) is 0.779. The molecular formula is C19H23N3O6S. The highest BCUT2D eigenvalue weighted by molar-refractivity contribution is 7.14. The molecule has 3 rings (SSSR count). The first-order chi connectivity index (χ1) is 13.8. The van der Waals surface area contributed by atoms with Crippen molar-refractivity contribution in [2.75, 3.05) is 39.4 Å². The molecule has 2 fully saturated rings. The number of ketones is 1. The minimum atomic E-state index is -0.983. The van der Waals surface area contributed by atoms with Crippen molar-refractivity contribution in [1.29, 1.82) is 0 Å². The zero-order valence-corrected chi connectivity index (χ0v) is 17.2. The summed E-state index contributed by atoms with van der Waals surface area (Å²) < 4.78 is 5.23. The minimum Gasteiger partial charge on any atom is -0.378 e. The van der Waals surface area contributed by atoms with Crippen molar-refractivity contribution >= 4 is 40.9 Å². The third-order valence-electron chi connectivity index (χ3n) is 4.61. The Balaban J connectivity index is 1.61. The maximum absolute atomic E-state index is 12.6. The lowest BCUT2D eigenvalue weighted by molar-refractivity contribution is -0.143. The van der Waals surface area contributed by atoms with Crippen LogP contribution in [0.3, 0.4) is 0 Å². The van der Waals surface area contributed by atoms with E-state index in [9.17, 15) is 24.0 Å². The number of amides is 5. The van der Waals surface area contributed by atoms with Gasteiger partial charge in [-0.1, -0.05) is 13.8 Å². The Morgan fingerprint density at radius 2 is 1.72 bits per heavy atom. The smallest absolute Gasteiger partial charge is 0.334 e. The van der Waals surface area contributed by atoms with Crippen LogP contribution in [0.25, 0.3) is 0 Å². The summed E-state index contributed by atoms with van der Waals surface area (Å²) in [6.07, 6.45) is 0.181. The molecule has 0 aromatic carbocycles. The number of morpholine rings is 1. The normalized spacial score (nSPS) is 17.6. The molecule has 1 aromatic heterocycles. The molecule has 156 valence electrons. The van der Waals surface area contributed by atoms with Crippen molar-refractivity contribution in [1.82, 2.24) is 14.7 Å². The van der Waals surface area contributed by atoms with Crippen LogP contribution < -0.4 is 0 Å². The Labute approximate surface area is 172 Å². The Hall–Kier alpha value is -2.59. The lowest BCUT2D eigenvalue weighted by atomic mass is 10.2. The highest BCUT2D eigenvalue weighted by Crippen LogP contribution is 2.21. The molecule has 5 amide bonds. The van der Waals surface area contributed by atoms with Crippen molar-refractivity contribution in [2.24, 2.45) is 5.92 Å². The molecule has 29 heavy (non-hydrogen) atoms. The molecule has 0 spiro atoms. The zero-order valence-electron chi connectivity index (χ0n) is 16.4. The molecule has 2 aliphatic rings. The van der Waals surface area contributed by atoms with Gasteiger partial charge in [0.1, 0.15) is 0 Å². The van der Waals surface area contributed by atoms with Crippen LogP contribution in [0.5, 0.6) is 0 Å². The summed E-state index contributed by atoms with van der Waals surface area (Å²) in [5, 5.41) is 0. The number of hydrogen-bond donors (Lipinski definition) is 0. The van der Waals surface area contributed by atoms with Gasteiger partial charge in [0.15, 0.2) is 5.78 Å². The zero-order chi connectivity index (χ0) is 21.1. The number of ether oxygens (including phenoxy) is 1. The molecule has 0 aliphatic carbocycles. The van der Waals surface area contributed by atoms with Gasteiger partial charge in [0.05, 0.1) is 31.1 Å². The van der Waals surface area contributed by atoms with E-state index in [-0.39, 0.29) is 24.8 Å². The van der Waals surface area contributed by atoms with E-state index < -0.39 is 30.2 Å². The molecule has 3 heterocycles. The van der Waals surface area contributed by atoms with Crippen molar-refractivity contribution < 1.29 is 28.7 Å². The summed E-state index contributed by atoms with van der Waals surface area (Å²) in [4.78, 5) is 65.7. The third-order valence-corrected chi connectivity index (χ3v) is 5.74. The Bertz CT molecular complexity index is 843. The van der Waals surface area contributed by atoms with Crippen LogP contribution in [-0.4, -0.2) is 83.6 Å². The SMILES string of the molecule is CC(C)CN1C(=O)C(=O)N(CC(=O)c2ccc(CC(=O)N3CCOCC3)s2)C1=O. The average molecular weight is 421 g/mol. The summed E-state index contributed by atoms with van der Waals surface area (Å²) in [6.45, 7) is 5.42. The van der Waals surface area contributed by atoms with Gasteiger partial charge in [-0.15, -0.1) is 11.3 Å². The molecule has 1 aromatic rings. The van der Waals surface area contributed by atoms with Crippen LogP contribution in [0.1, 0.15) is 28.4 Å². The third kappa shape index (κ3) is 4.70. The highest BCUT2D eigenvalue weighted by Gasteiger charge is 2.45. The first-order valence-electron chi connectivity index (χ1n) is 9.42. The Morgan fingerprint density at radius 1 is 1.07 bits per heavy atom. The molecule has 10 heteroatoms. The number of urea groups is 1. The van der Waals surface area contributed by atoms with Crippen LogP contribution in [0.4, 0.5) is 4.79 Å². The first-order valence-corrected chi connectivity index (χ1v) is 10.2. The fraction of sp³-hybridized carbons (Fsp3) is 0.526. The number of carbonyl (C=O) groups is 5. The number of thiophene rings is 1. The van der Waals surface area contributed by atoms with Crippen LogP contribution in [0.15, 0.2) is 12.1 Å². The van der Waals surface area contributed by atoms with Gasteiger partial charge in [-0.05, 0) is 18.1 Å². The van der Waals surface area contributed by atoms with E-state index in [1.54, 1.807) is 17.0 Å². The number of hydrogen-bond acceptors (Lipinski definition) is 7.